The third-order valence-electron chi connectivity index (χ3n) is 1.20. The van der Waals surface area contributed by atoms with E-state index in [1.54, 1.807) is 0 Å². The fraction of sp³-hybridized carbons (Fsp3) is 0.714. The molecule has 0 aliphatic rings. The molecule has 0 aliphatic carbocycles. The van der Waals surface area contributed by atoms with Crippen LogP contribution < -0.4 is 5.73 Å². The molecule has 0 aromatic rings. The van der Waals surface area contributed by atoms with Crippen molar-refractivity contribution in [3.05, 3.63) is 0 Å². The first-order valence-corrected chi connectivity index (χ1v) is 4.12. The average Bonchev–Trinajstić information content (AvgIpc) is 1.89. The van der Waals surface area contributed by atoms with Crippen molar-refractivity contribution in [2.24, 2.45) is 5.73 Å². The molecule has 0 spiro atoms. The smallest absolute Gasteiger partial charge is 0.00713 e. The van der Waals surface area contributed by atoms with Gasteiger partial charge in [-0.1, -0.05) is 18.7 Å². The Hall–Kier alpha value is -0.130. The van der Waals surface area contributed by atoms with Crippen LogP contribution in [-0.4, -0.2) is 11.8 Å². The Morgan fingerprint density at radius 1 is 1.78 bits per heavy atom. The zero-order chi connectivity index (χ0) is 7.11. The van der Waals surface area contributed by atoms with Crippen LogP contribution in [0.2, 0.25) is 0 Å². The van der Waals surface area contributed by atoms with Crippen LogP contribution in [-0.2, 0) is 0 Å². The number of hydrogen-bond acceptors (Lipinski definition) is 2. The maximum atomic E-state index is 5.63. The van der Waals surface area contributed by atoms with E-state index in [0.29, 0.717) is 6.04 Å². The highest BCUT2D eigenvalue weighted by Gasteiger charge is 1.96. The topological polar surface area (TPSA) is 26.0 Å². The molecule has 1 atom stereocenters. The second-order valence-electron chi connectivity index (χ2n) is 1.92. The van der Waals surface area contributed by atoms with Gasteiger partial charge in [0.25, 0.3) is 0 Å². The quantitative estimate of drug-likeness (QED) is 0.476. The van der Waals surface area contributed by atoms with Crippen LogP contribution in [0.25, 0.3) is 0 Å². The highest BCUT2D eigenvalue weighted by molar-refractivity contribution is 8.03. The van der Waals surface area contributed by atoms with Crippen molar-refractivity contribution in [1.29, 1.82) is 0 Å². The standard InChI is InChI=1S/C7H13NS/c1-3-7(8)5-6-9-4-2/h2,7H,3,5-6,8H2,1H3. The highest BCUT2D eigenvalue weighted by atomic mass is 32.2. The van der Waals surface area contributed by atoms with Crippen LogP contribution >= 0.6 is 11.8 Å². The molecular formula is C7H13NS. The molecular weight excluding hydrogens is 130 g/mol. The number of terminal acetylenes is 1. The van der Waals surface area contributed by atoms with Crippen LogP contribution in [0.4, 0.5) is 0 Å². The van der Waals surface area contributed by atoms with Crippen molar-refractivity contribution >= 4 is 11.8 Å². The van der Waals surface area contributed by atoms with Gasteiger partial charge in [0.1, 0.15) is 0 Å². The van der Waals surface area contributed by atoms with Gasteiger partial charge in [-0.3, -0.25) is 0 Å². The van der Waals surface area contributed by atoms with E-state index in [1.165, 1.54) is 11.8 Å². The molecule has 0 fully saturated rings. The van der Waals surface area contributed by atoms with Crippen LogP contribution in [0.3, 0.4) is 0 Å². The molecule has 0 rings (SSSR count). The van der Waals surface area contributed by atoms with Gasteiger partial charge in [-0.25, -0.2) is 0 Å². The summed E-state index contributed by atoms with van der Waals surface area (Å²) in [5.74, 6) is 0.992. The van der Waals surface area contributed by atoms with Crippen molar-refractivity contribution in [2.45, 2.75) is 25.8 Å². The molecule has 2 heteroatoms. The molecule has 2 N–H and O–H groups in total. The van der Waals surface area contributed by atoms with Crippen molar-refractivity contribution in [1.82, 2.24) is 0 Å². The van der Waals surface area contributed by atoms with Crippen molar-refractivity contribution in [3.63, 3.8) is 0 Å². The summed E-state index contributed by atoms with van der Waals surface area (Å²) in [5.41, 5.74) is 5.63. The molecule has 9 heavy (non-hydrogen) atoms. The number of rotatable bonds is 4. The second-order valence-corrected chi connectivity index (χ2v) is 2.86. The second kappa shape index (κ2) is 6.00. The summed E-state index contributed by atoms with van der Waals surface area (Å²) in [7, 11) is 0. The molecule has 0 aromatic carbocycles. The monoisotopic (exact) mass is 143 g/mol. The summed E-state index contributed by atoms with van der Waals surface area (Å²) >= 11 is 1.50. The normalized spacial score (nSPS) is 12.6. The zero-order valence-corrected chi connectivity index (χ0v) is 6.58. The van der Waals surface area contributed by atoms with E-state index >= 15 is 0 Å². The SMILES string of the molecule is C#CSCCC(N)CC. The summed E-state index contributed by atoms with van der Waals surface area (Å²) in [5, 5.41) is 2.51. The van der Waals surface area contributed by atoms with Crippen molar-refractivity contribution < 1.29 is 0 Å². The summed E-state index contributed by atoms with van der Waals surface area (Å²) in [6.45, 7) is 2.09. The average molecular weight is 143 g/mol. The largest absolute Gasteiger partial charge is 0.328 e. The van der Waals surface area contributed by atoms with E-state index in [4.69, 9.17) is 12.2 Å². The van der Waals surface area contributed by atoms with E-state index in [9.17, 15) is 0 Å². The van der Waals surface area contributed by atoms with Gasteiger partial charge in [0.2, 0.25) is 0 Å². The Morgan fingerprint density at radius 2 is 2.44 bits per heavy atom. The molecule has 0 saturated carbocycles. The van der Waals surface area contributed by atoms with Crippen molar-refractivity contribution in [2.75, 3.05) is 5.75 Å². The van der Waals surface area contributed by atoms with Gasteiger partial charge in [-0.2, -0.15) is 0 Å². The van der Waals surface area contributed by atoms with E-state index in [1.807, 2.05) is 0 Å². The van der Waals surface area contributed by atoms with Crippen molar-refractivity contribution in [3.8, 4) is 11.7 Å². The molecule has 52 valence electrons. The summed E-state index contributed by atoms with van der Waals surface area (Å²) < 4.78 is 0. The number of thioether (sulfide) groups is 1. The lowest BCUT2D eigenvalue weighted by atomic mass is 10.2. The van der Waals surface area contributed by atoms with E-state index < -0.39 is 0 Å². The first-order chi connectivity index (χ1) is 4.31. The zero-order valence-electron chi connectivity index (χ0n) is 5.76. The molecule has 0 aliphatic heterocycles. The summed E-state index contributed by atoms with van der Waals surface area (Å²) in [6, 6.07) is 0.339. The first kappa shape index (κ1) is 8.87. The van der Waals surface area contributed by atoms with Crippen LogP contribution in [0.1, 0.15) is 19.8 Å². The number of hydrogen-bond donors (Lipinski definition) is 1. The summed E-state index contributed by atoms with van der Waals surface area (Å²) in [4.78, 5) is 0. The van der Waals surface area contributed by atoms with Gasteiger partial charge in [0, 0.05) is 11.8 Å². The minimum Gasteiger partial charge on any atom is -0.328 e. The minimum atomic E-state index is 0.339. The van der Waals surface area contributed by atoms with E-state index in [-0.39, 0.29) is 0 Å². The molecule has 1 nitrogen and oxygen atoms in total. The van der Waals surface area contributed by atoms with Crippen LogP contribution in [0.15, 0.2) is 0 Å². The third-order valence-corrected chi connectivity index (χ3v) is 1.80. The minimum absolute atomic E-state index is 0.339. The molecule has 0 amide bonds. The van der Waals surface area contributed by atoms with Crippen LogP contribution in [0, 0.1) is 11.7 Å². The van der Waals surface area contributed by atoms with E-state index in [0.717, 1.165) is 18.6 Å². The fourth-order valence-corrected chi connectivity index (χ4v) is 1.01. The van der Waals surface area contributed by atoms with Gasteiger partial charge >= 0.3 is 0 Å². The Morgan fingerprint density at radius 3 is 2.89 bits per heavy atom. The predicted molar refractivity (Wildman–Crippen MR) is 44.2 cm³/mol. The highest BCUT2D eigenvalue weighted by Crippen LogP contribution is 2.02. The lowest BCUT2D eigenvalue weighted by molar-refractivity contribution is 0.634. The molecule has 1 unspecified atom stereocenters. The predicted octanol–water partition coefficient (Wildman–Crippen LogP) is 1.44. The lowest BCUT2D eigenvalue weighted by Gasteiger charge is -2.04. The molecule has 0 heterocycles. The summed E-state index contributed by atoms with van der Waals surface area (Å²) in [6.07, 6.45) is 7.11. The van der Waals surface area contributed by atoms with Crippen LogP contribution in [0.5, 0.6) is 0 Å². The Labute approximate surface area is 61.4 Å². The van der Waals surface area contributed by atoms with Gasteiger partial charge in [-0.05, 0) is 18.1 Å². The Bertz CT molecular complexity index is 95.6. The van der Waals surface area contributed by atoms with Gasteiger partial charge in [0.15, 0.2) is 0 Å². The number of nitrogens with two attached hydrogens (primary N) is 1. The molecule has 0 radical (unpaired) electrons. The lowest BCUT2D eigenvalue weighted by Crippen LogP contribution is -2.18. The maximum absolute atomic E-state index is 5.63. The molecule has 0 aromatic heterocycles. The maximum Gasteiger partial charge on any atom is 0.00713 e. The molecule has 0 bridgehead atoms. The van der Waals surface area contributed by atoms with Gasteiger partial charge in [0.05, 0.1) is 0 Å². The van der Waals surface area contributed by atoms with Gasteiger partial charge < -0.3 is 5.73 Å². The first-order valence-electron chi connectivity index (χ1n) is 3.14. The Kier molecular flexibility index (Phi) is 5.91. The fourth-order valence-electron chi connectivity index (χ4n) is 0.473. The van der Waals surface area contributed by atoms with E-state index in [2.05, 4.69) is 12.2 Å². The molecule has 0 saturated heterocycles. The van der Waals surface area contributed by atoms with Gasteiger partial charge in [-0.15, -0.1) is 6.42 Å². The Balaban J connectivity index is 2.99. The third kappa shape index (κ3) is 5.75.